The molecule has 3 aliphatic rings. The van der Waals surface area contributed by atoms with Gasteiger partial charge in [0, 0.05) is 19.0 Å². The summed E-state index contributed by atoms with van der Waals surface area (Å²) in [6.07, 6.45) is 7.71. The molecule has 6 nitrogen and oxygen atoms in total. The van der Waals surface area contributed by atoms with Crippen LogP contribution in [-0.4, -0.2) is 53.1 Å². The van der Waals surface area contributed by atoms with E-state index in [1.54, 1.807) is 0 Å². The Morgan fingerprint density at radius 3 is 2.60 bits per heavy atom. The van der Waals surface area contributed by atoms with Crippen LogP contribution < -0.4 is 0 Å². The molecule has 1 saturated carbocycles. The van der Waals surface area contributed by atoms with Crippen molar-refractivity contribution in [3.8, 4) is 0 Å². The van der Waals surface area contributed by atoms with E-state index in [0.29, 0.717) is 18.7 Å². The van der Waals surface area contributed by atoms with Crippen LogP contribution in [0, 0.1) is 5.92 Å². The van der Waals surface area contributed by atoms with E-state index in [1.165, 1.54) is 19.8 Å². The van der Waals surface area contributed by atoms with Gasteiger partial charge in [0.05, 0.1) is 18.2 Å². The summed E-state index contributed by atoms with van der Waals surface area (Å²) in [5.74, 6) is -0.176. The van der Waals surface area contributed by atoms with Crippen molar-refractivity contribution in [1.82, 2.24) is 9.96 Å². The number of carbonyl (C=O) groups excluding carboxylic acids is 2. The lowest BCUT2D eigenvalue weighted by molar-refractivity contribution is -0.318. The Bertz CT molecular complexity index is 586. The molecule has 3 atom stereocenters. The number of ether oxygens (including phenoxy) is 1. The highest BCUT2D eigenvalue weighted by molar-refractivity contribution is 5.95. The zero-order valence-corrected chi connectivity index (χ0v) is 15.8. The van der Waals surface area contributed by atoms with Crippen LogP contribution in [0.5, 0.6) is 0 Å². The van der Waals surface area contributed by atoms with Crippen molar-refractivity contribution in [2.45, 2.75) is 70.4 Å². The number of amides is 1. The zero-order chi connectivity index (χ0) is 18.2. The molecule has 0 N–H and O–H groups in total. The Balaban J connectivity index is 2.00. The first-order chi connectivity index (χ1) is 12.0. The van der Waals surface area contributed by atoms with E-state index in [2.05, 4.69) is 0 Å². The third-order valence-electron chi connectivity index (χ3n) is 6.47. The smallest absolute Gasteiger partial charge is 0.339 e. The number of likely N-dealkylation sites (N-methyl/N-ethyl adjacent to an activating group) is 1. The minimum absolute atomic E-state index is 0.0706. The lowest BCUT2D eigenvalue weighted by Gasteiger charge is -2.65. The lowest BCUT2D eigenvalue weighted by atomic mass is 9.54. The number of hydroxylamine groups is 2. The van der Waals surface area contributed by atoms with Crippen molar-refractivity contribution in [2.24, 2.45) is 5.92 Å². The predicted octanol–water partition coefficient (Wildman–Crippen LogP) is 2.64. The number of hydrogen-bond acceptors (Lipinski definition) is 5. The fourth-order valence-electron chi connectivity index (χ4n) is 5.23. The molecule has 25 heavy (non-hydrogen) atoms. The van der Waals surface area contributed by atoms with Gasteiger partial charge < -0.3 is 14.5 Å². The molecule has 0 radical (unpaired) electrons. The van der Waals surface area contributed by atoms with Gasteiger partial charge in [0.15, 0.2) is 0 Å². The molecule has 1 saturated heterocycles. The Morgan fingerprint density at radius 1 is 1.28 bits per heavy atom. The molecule has 0 aromatic carbocycles. The van der Waals surface area contributed by atoms with Crippen LogP contribution in [0.4, 0.5) is 0 Å². The van der Waals surface area contributed by atoms with E-state index < -0.39 is 11.1 Å². The maximum absolute atomic E-state index is 13.3. The number of rotatable bonds is 4. The first-order valence-electron chi connectivity index (χ1n) is 9.53. The van der Waals surface area contributed by atoms with Gasteiger partial charge in [-0.3, -0.25) is 4.79 Å². The second-order valence-corrected chi connectivity index (χ2v) is 7.48. The molecule has 2 heterocycles. The number of methoxy groups -OCH3 is 1. The monoisotopic (exact) mass is 350 g/mol. The summed E-state index contributed by atoms with van der Waals surface area (Å²) in [7, 11) is 1.40. The minimum Gasteiger partial charge on any atom is -0.466 e. The molecule has 0 unspecified atom stereocenters. The molecule has 1 amide bonds. The summed E-state index contributed by atoms with van der Waals surface area (Å²) in [5, 5.41) is 1.81. The van der Waals surface area contributed by atoms with E-state index in [0.717, 1.165) is 32.1 Å². The van der Waals surface area contributed by atoms with Crippen LogP contribution in [-0.2, 0) is 19.2 Å². The SMILES string of the molecule is CCN(CC)C(=O)[C@@]1(C)[C@H]2CCCCCC[C@]23C(C(=O)OC)=CON13. The van der Waals surface area contributed by atoms with Crippen LogP contribution in [0.3, 0.4) is 0 Å². The van der Waals surface area contributed by atoms with E-state index in [1.807, 2.05) is 30.7 Å². The fourth-order valence-corrected chi connectivity index (χ4v) is 5.23. The number of carbonyl (C=O) groups is 2. The van der Waals surface area contributed by atoms with Crippen LogP contribution in [0.1, 0.15) is 59.3 Å². The minimum atomic E-state index is -0.727. The average Bonchev–Trinajstić information content (AvgIpc) is 2.96. The van der Waals surface area contributed by atoms with Gasteiger partial charge in [-0.15, -0.1) is 5.06 Å². The quantitative estimate of drug-likeness (QED) is 0.730. The predicted molar refractivity (Wildman–Crippen MR) is 93.3 cm³/mol. The summed E-state index contributed by atoms with van der Waals surface area (Å²) >= 11 is 0. The maximum Gasteiger partial charge on any atom is 0.339 e. The van der Waals surface area contributed by atoms with E-state index in [-0.39, 0.29) is 17.8 Å². The van der Waals surface area contributed by atoms with Crippen LogP contribution >= 0.6 is 0 Å². The molecular weight excluding hydrogens is 320 g/mol. The van der Waals surface area contributed by atoms with Gasteiger partial charge in [-0.1, -0.05) is 25.7 Å². The van der Waals surface area contributed by atoms with Crippen LogP contribution in [0.2, 0.25) is 0 Å². The standard InChI is InChI=1S/C19H30N2O4/c1-5-20(6-2)17(23)18(3)15-11-9-7-8-10-12-19(15)14(16(22)24-4)13-25-21(18)19/h13,15H,5-12H2,1-4H3/t15-,18-,19+/m1/s1. The molecule has 6 heteroatoms. The maximum atomic E-state index is 13.3. The molecule has 0 aromatic rings. The Labute approximate surface area is 150 Å². The van der Waals surface area contributed by atoms with Crippen molar-refractivity contribution in [3.63, 3.8) is 0 Å². The van der Waals surface area contributed by atoms with E-state index in [9.17, 15) is 9.59 Å². The highest BCUT2D eigenvalue weighted by Crippen LogP contribution is 2.62. The Morgan fingerprint density at radius 2 is 1.96 bits per heavy atom. The normalized spacial score (nSPS) is 34.4. The number of esters is 1. The third-order valence-corrected chi connectivity index (χ3v) is 6.47. The second kappa shape index (κ2) is 6.63. The Kier molecular flexibility index (Phi) is 4.84. The Hall–Kier alpha value is -1.56. The highest BCUT2D eigenvalue weighted by Gasteiger charge is 2.76. The van der Waals surface area contributed by atoms with Crippen molar-refractivity contribution in [1.29, 1.82) is 0 Å². The number of hydrogen-bond donors (Lipinski definition) is 0. The summed E-state index contributed by atoms with van der Waals surface area (Å²) in [6, 6.07) is 0. The topological polar surface area (TPSA) is 59.1 Å². The molecule has 0 bridgehead atoms. The first-order valence-corrected chi connectivity index (χ1v) is 9.53. The number of nitrogens with zero attached hydrogens (tertiary/aromatic N) is 2. The van der Waals surface area contributed by atoms with Crippen molar-refractivity contribution >= 4 is 11.9 Å². The van der Waals surface area contributed by atoms with Gasteiger partial charge in [0.2, 0.25) is 5.91 Å². The zero-order valence-electron chi connectivity index (χ0n) is 15.8. The lowest BCUT2D eigenvalue weighted by Crippen LogP contribution is -2.82. The summed E-state index contributed by atoms with van der Waals surface area (Å²) in [5.41, 5.74) is -0.660. The molecular formula is C19H30N2O4. The average molecular weight is 350 g/mol. The van der Waals surface area contributed by atoms with Gasteiger partial charge >= 0.3 is 5.97 Å². The highest BCUT2D eigenvalue weighted by atomic mass is 16.7. The van der Waals surface area contributed by atoms with E-state index in [4.69, 9.17) is 9.57 Å². The molecule has 0 aromatic heterocycles. The van der Waals surface area contributed by atoms with Gasteiger partial charge in [-0.25, -0.2) is 4.79 Å². The van der Waals surface area contributed by atoms with Gasteiger partial charge in [-0.2, -0.15) is 0 Å². The van der Waals surface area contributed by atoms with Gasteiger partial charge in [0.25, 0.3) is 0 Å². The van der Waals surface area contributed by atoms with Gasteiger partial charge in [0.1, 0.15) is 11.8 Å². The summed E-state index contributed by atoms with van der Waals surface area (Å²) in [6.45, 7) is 7.33. The van der Waals surface area contributed by atoms with Crippen molar-refractivity contribution in [3.05, 3.63) is 11.8 Å². The molecule has 2 aliphatic heterocycles. The molecule has 1 spiro atoms. The third kappa shape index (κ3) is 2.33. The van der Waals surface area contributed by atoms with Gasteiger partial charge in [-0.05, 0) is 33.6 Å². The largest absolute Gasteiger partial charge is 0.466 e. The molecule has 2 fully saturated rings. The first kappa shape index (κ1) is 18.2. The summed E-state index contributed by atoms with van der Waals surface area (Å²) in [4.78, 5) is 33.4. The summed E-state index contributed by atoms with van der Waals surface area (Å²) < 4.78 is 5.01. The van der Waals surface area contributed by atoms with Crippen molar-refractivity contribution in [2.75, 3.05) is 20.2 Å². The molecule has 3 rings (SSSR count). The molecule has 140 valence electrons. The van der Waals surface area contributed by atoms with Crippen molar-refractivity contribution < 1.29 is 19.2 Å². The van der Waals surface area contributed by atoms with E-state index >= 15 is 0 Å². The van der Waals surface area contributed by atoms with Crippen LogP contribution in [0.15, 0.2) is 11.8 Å². The fraction of sp³-hybridized carbons (Fsp3) is 0.789. The second-order valence-electron chi connectivity index (χ2n) is 7.48. The van der Waals surface area contributed by atoms with Crippen LogP contribution in [0.25, 0.3) is 0 Å². The molecule has 1 aliphatic carbocycles.